The monoisotopic (exact) mass is 417 g/mol. The molecule has 0 aliphatic carbocycles. The molecule has 1 amide bonds. The summed E-state index contributed by atoms with van der Waals surface area (Å²) in [6.07, 6.45) is 1.33. The van der Waals surface area contributed by atoms with Crippen molar-refractivity contribution in [2.45, 2.75) is 26.8 Å². The van der Waals surface area contributed by atoms with Crippen LogP contribution >= 0.6 is 23.2 Å². The van der Waals surface area contributed by atoms with E-state index in [4.69, 9.17) is 27.9 Å². The van der Waals surface area contributed by atoms with Gasteiger partial charge in [0.1, 0.15) is 17.4 Å². The van der Waals surface area contributed by atoms with Gasteiger partial charge >= 0.3 is 0 Å². The van der Waals surface area contributed by atoms with Crippen LogP contribution in [0.3, 0.4) is 0 Å². The van der Waals surface area contributed by atoms with Crippen molar-refractivity contribution in [2.24, 2.45) is 0 Å². The first-order valence-corrected chi connectivity index (χ1v) is 9.47. The maximum absolute atomic E-state index is 12.5. The van der Waals surface area contributed by atoms with Crippen molar-refractivity contribution < 1.29 is 9.53 Å². The zero-order valence-electron chi connectivity index (χ0n) is 15.8. The maximum Gasteiger partial charge on any atom is 0.263 e. The largest absolute Gasteiger partial charge is 0.494 e. The van der Waals surface area contributed by atoms with Crippen LogP contribution in [0.4, 0.5) is 5.69 Å². The maximum atomic E-state index is 12.5. The Morgan fingerprint density at radius 3 is 2.64 bits per heavy atom. The molecule has 0 radical (unpaired) electrons. The van der Waals surface area contributed by atoms with E-state index in [0.717, 1.165) is 11.1 Å². The Hall–Kier alpha value is -2.68. The van der Waals surface area contributed by atoms with Crippen LogP contribution in [0.5, 0.6) is 5.75 Å². The summed E-state index contributed by atoms with van der Waals surface area (Å²) in [4.78, 5) is 12.5. The molecule has 28 heavy (non-hydrogen) atoms. The minimum atomic E-state index is -0.494. The topological polar surface area (TPSA) is 74.1 Å². The van der Waals surface area contributed by atoms with Gasteiger partial charge in [0.15, 0.2) is 0 Å². The van der Waals surface area contributed by atoms with Gasteiger partial charge in [0.25, 0.3) is 5.91 Å². The van der Waals surface area contributed by atoms with Crippen LogP contribution < -0.4 is 15.4 Å². The number of carbonyl (C=O) groups excluding carboxylic acids is 1. The highest BCUT2D eigenvalue weighted by Gasteiger charge is 2.17. The number of nitrogens with one attached hydrogen (secondary N) is 2. The molecule has 0 fully saturated rings. The molecular formula is C21H21Cl2N3O2. The lowest BCUT2D eigenvalue weighted by molar-refractivity contribution is -0.117. The van der Waals surface area contributed by atoms with E-state index in [1.807, 2.05) is 45.0 Å². The van der Waals surface area contributed by atoms with Crippen molar-refractivity contribution in [2.75, 3.05) is 11.9 Å². The second-order valence-electron chi connectivity index (χ2n) is 6.11. The summed E-state index contributed by atoms with van der Waals surface area (Å²) in [5, 5.41) is 15.9. The summed E-state index contributed by atoms with van der Waals surface area (Å²) in [6, 6.07) is 12.3. The van der Waals surface area contributed by atoms with Crippen LogP contribution in [-0.4, -0.2) is 12.5 Å². The van der Waals surface area contributed by atoms with Gasteiger partial charge in [-0.05, 0) is 45.0 Å². The van der Waals surface area contributed by atoms with Crippen LogP contribution in [0.15, 0.2) is 48.2 Å². The fourth-order valence-electron chi connectivity index (χ4n) is 2.54. The zero-order chi connectivity index (χ0) is 20.7. The molecule has 0 aliphatic heterocycles. The molecule has 7 heteroatoms. The molecule has 0 spiro atoms. The van der Waals surface area contributed by atoms with Gasteiger partial charge in [0.2, 0.25) is 0 Å². The lowest BCUT2D eigenvalue weighted by atomic mass is 10.0. The summed E-state index contributed by atoms with van der Waals surface area (Å²) in [5.41, 5.74) is 2.45. The lowest BCUT2D eigenvalue weighted by Crippen LogP contribution is -2.28. The number of nitriles is 1. The highest BCUT2D eigenvalue weighted by Crippen LogP contribution is 2.27. The smallest absolute Gasteiger partial charge is 0.263 e. The average Bonchev–Trinajstić information content (AvgIpc) is 2.66. The number of anilines is 1. The van der Waals surface area contributed by atoms with Crippen molar-refractivity contribution in [1.82, 2.24) is 5.32 Å². The molecule has 1 unspecified atom stereocenters. The van der Waals surface area contributed by atoms with Gasteiger partial charge in [-0.15, -0.1) is 0 Å². The Bertz CT molecular complexity index is 936. The molecule has 146 valence electrons. The number of nitrogens with zero attached hydrogens (tertiary/aromatic N) is 1. The summed E-state index contributed by atoms with van der Waals surface area (Å²) in [5.74, 6) is 0.212. The molecule has 0 saturated heterocycles. The number of benzene rings is 2. The molecule has 2 aromatic carbocycles. The third-order valence-corrected chi connectivity index (χ3v) is 4.69. The van der Waals surface area contributed by atoms with Gasteiger partial charge in [-0.25, -0.2) is 0 Å². The molecule has 1 atom stereocenters. The van der Waals surface area contributed by atoms with Crippen LogP contribution in [0.25, 0.3) is 0 Å². The Balaban J connectivity index is 2.14. The van der Waals surface area contributed by atoms with E-state index >= 15 is 0 Å². The Morgan fingerprint density at radius 2 is 2.00 bits per heavy atom. The third-order valence-electron chi connectivity index (χ3n) is 3.95. The molecule has 0 saturated carbocycles. The molecule has 0 aliphatic rings. The van der Waals surface area contributed by atoms with Crippen LogP contribution in [0.2, 0.25) is 10.0 Å². The first kappa shape index (κ1) is 21.6. The number of carbonyl (C=O) groups is 1. The summed E-state index contributed by atoms with van der Waals surface area (Å²) in [6.45, 7) is 6.23. The Morgan fingerprint density at radius 1 is 1.25 bits per heavy atom. The van der Waals surface area contributed by atoms with E-state index in [0.29, 0.717) is 28.1 Å². The van der Waals surface area contributed by atoms with E-state index in [-0.39, 0.29) is 11.6 Å². The molecule has 0 bridgehead atoms. The van der Waals surface area contributed by atoms with Crippen LogP contribution in [0, 0.1) is 18.3 Å². The number of hydrogen-bond donors (Lipinski definition) is 2. The molecular weight excluding hydrogens is 397 g/mol. The number of hydrogen-bond acceptors (Lipinski definition) is 4. The highest BCUT2D eigenvalue weighted by atomic mass is 35.5. The summed E-state index contributed by atoms with van der Waals surface area (Å²) < 4.78 is 5.64. The van der Waals surface area contributed by atoms with Gasteiger partial charge < -0.3 is 15.4 Å². The number of aryl methyl sites for hydroxylation is 1. The predicted octanol–water partition coefficient (Wildman–Crippen LogP) is 5.40. The van der Waals surface area contributed by atoms with Crippen LogP contribution in [0.1, 0.15) is 31.0 Å². The van der Waals surface area contributed by atoms with Gasteiger partial charge in [-0.1, -0.05) is 40.9 Å². The molecule has 2 aromatic rings. The SMILES string of the molecule is CCOc1ccc(C)cc1C(C)NC(=O)/C(C#N)=C\Nc1ccc(Cl)c(Cl)c1. The standard InChI is InChI=1S/C21H21Cl2N3O2/c1-4-28-20-8-5-13(2)9-17(20)14(3)26-21(27)15(11-24)12-25-16-6-7-18(22)19(23)10-16/h5-10,12,14,25H,4H2,1-3H3,(H,26,27)/b15-12-. The van der Waals surface area contributed by atoms with Crippen molar-refractivity contribution in [3.05, 3.63) is 69.3 Å². The van der Waals surface area contributed by atoms with Crippen molar-refractivity contribution in [1.29, 1.82) is 5.26 Å². The summed E-state index contributed by atoms with van der Waals surface area (Å²) >= 11 is 11.8. The molecule has 5 nitrogen and oxygen atoms in total. The third kappa shape index (κ3) is 5.66. The second-order valence-corrected chi connectivity index (χ2v) is 6.93. The fraction of sp³-hybridized carbons (Fsp3) is 0.238. The average molecular weight is 418 g/mol. The van der Waals surface area contributed by atoms with Crippen molar-refractivity contribution >= 4 is 34.8 Å². The molecule has 0 heterocycles. The van der Waals surface area contributed by atoms with E-state index in [1.165, 1.54) is 6.20 Å². The zero-order valence-corrected chi connectivity index (χ0v) is 17.4. The van der Waals surface area contributed by atoms with Gasteiger partial charge in [0.05, 0.1) is 22.7 Å². The van der Waals surface area contributed by atoms with E-state index < -0.39 is 5.91 Å². The number of halogens is 2. The summed E-state index contributed by atoms with van der Waals surface area (Å²) in [7, 11) is 0. The van der Waals surface area contributed by atoms with E-state index in [9.17, 15) is 10.1 Å². The number of rotatable bonds is 7. The normalized spacial score (nSPS) is 12.1. The Kier molecular flexibility index (Phi) is 7.74. The molecule has 0 aromatic heterocycles. The first-order valence-electron chi connectivity index (χ1n) is 8.71. The van der Waals surface area contributed by atoms with E-state index in [1.54, 1.807) is 18.2 Å². The molecule has 2 rings (SSSR count). The first-order chi connectivity index (χ1) is 13.3. The predicted molar refractivity (Wildman–Crippen MR) is 113 cm³/mol. The second kappa shape index (κ2) is 10.0. The Labute approximate surface area is 174 Å². The number of ether oxygens (including phenoxy) is 1. The highest BCUT2D eigenvalue weighted by molar-refractivity contribution is 6.42. The van der Waals surface area contributed by atoms with Crippen LogP contribution in [-0.2, 0) is 4.79 Å². The number of amides is 1. The minimum Gasteiger partial charge on any atom is -0.494 e. The van der Waals surface area contributed by atoms with Crippen molar-refractivity contribution in [3.8, 4) is 11.8 Å². The molecule has 2 N–H and O–H groups in total. The van der Waals surface area contributed by atoms with Gasteiger partial charge in [0, 0.05) is 17.5 Å². The quantitative estimate of drug-likeness (QED) is 0.467. The van der Waals surface area contributed by atoms with Crippen molar-refractivity contribution in [3.63, 3.8) is 0 Å². The van der Waals surface area contributed by atoms with Gasteiger partial charge in [-0.3, -0.25) is 4.79 Å². The van der Waals surface area contributed by atoms with Gasteiger partial charge in [-0.2, -0.15) is 5.26 Å². The van der Waals surface area contributed by atoms with E-state index in [2.05, 4.69) is 10.6 Å². The fourth-order valence-corrected chi connectivity index (χ4v) is 2.83. The lowest BCUT2D eigenvalue weighted by Gasteiger charge is -2.18. The minimum absolute atomic E-state index is 0.0662.